The summed E-state index contributed by atoms with van der Waals surface area (Å²) in [5, 5.41) is 2.60. The van der Waals surface area contributed by atoms with Gasteiger partial charge in [-0.15, -0.1) is 0 Å². The van der Waals surface area contributed by atoms with Gasteiger partial charge in [0.05, 0.1) is 11.1 Å². The second-order valence-electron chi connectivity index (χ2n) is 4.75. The van der Waals surface area contributed by atoms with Crippen molar-refractivity contribution in [1.29, 1.82) is 0 Å². The van der Waals surface area contributed by atoms with Crippen molar-refractivity contribution in [2.24, 2.45) is 5.73 Å². The van der Waals surface area contributed by atoms with E-state index >= 15 is 0 Å². The van der Waals surface area contributed by atoms with Crippen LogP contribution >= 0.6 is 11.6 Å². The first-order chi connectivity index (χ1) is 10.1. The Morgan fingerprint density at radius 1 is 1.24 bits per heavy atom. The Kier molecular flexibility index (Phi) is 5.31. The van der Waals surface area contributed by atoms with E-state index in [1.54, 1.807) is 0 Å². The summed E-state index contributed by atoms with van der Waals surface area (Å²) in [6, 6.07) is 13.2. The molecule has 21 heavy (non-hydrogen) atoms. The van der Waals surface area contributed by atoms with Crippen molar-refractivity contribution in [2.45, 2.75) is 18.9 Å². The Labute approximate surface area is 127 Å². The normalized spacial score (nSPS) is 12.0. The average molecular weight is 307 g/mol. The fourth-order valence-electron chi connectivity index (χ4n) is 1.91. The number of aryl methyl sites for hydroxylation is 1. The van der Waals surface area contributed by atoms with E-state index in [9.17, 15) is 9.18 Å². The molecule has 3 nitrogen and oxygen atoms in total. The molecule has 0 heterocycles. The Bertz CT molecular complexity index is 619. The molecule has 0 aromatic heterocycles. The van der Waals surface area contributed by atoms with Crippen LogP contribution in [0, 0.1) is 5.82 Å². The van der Waals surface area contributed by atoms with Crippen molar-refractivity contribution in [3.8, 4) is 0 Å². The summed E-state index contributed by atoms with van der Waals surface area (Å²) < 4.78 is 13.3. The first-order valence-electron chi connectivity index (χ1n) is 6.61. The van der Waals surface area contributed by atoms with E-state index in [4.69, 9.17) is 17.3 Å². The Morgan fingerprint density at radius 3 is 2.62 bits per heavy atom. The van der Waals surface area contributed by atoms with Gasteiger partial charge >= 0.3 is 0 Å². The highest BCUT2D eigenvalue weighted by Gasteiger charge is 2.14. The van der Waals surface area contributed by atoms with E-state index in [0.717, 1.165) is 5.56 Å². The lowest BCUT2D eigenvalue weighted by Crippen LogP contribution is -2.36. The summed E-state index contributed by atoms with van der Waals surface area (Å²) in [4.78, 5) is 11.9. The summed E-state index contributed by atoms with van der Waals surface area (Å²) in [5.41, 5.74) is 7.32. The number of hydrogen-bond donors (Lipinski definition) is 2. The van der Waals surface area contributed by atoms with Crippen LogP contribution in [0.4, 0.5) is 10.1 Å². The lowest BCUT2D eigenvalue weighted by molar-refractivity contribution is -0.117. The predicted molar refractivity (Wildman–Crippen MR) is 82.8 cm³/mol. The largest absolute Gasteiger partial charge is 0.325 e. The van der Waals surface area contributed by atoms with Crippen LogP contribution < -0.4 is 11.1 Å². The van der Waals surface area contributed by atoms with Gasteiger partial charge in [-0.3, -0.25) is 4.79 Å². The molecule has 0 unspecified atom stereocenters. The van der Waals surface area contributed by atoms with Crippen molar-refractivity contribution in [3.63, 3.8) is 0 Å². The summed E-state index contributed by atoms with van der Waals surface area (Å²) >= 11 is 5.58. The molecule has 2 aromatic rings. The van der Waals surface area contributed by atoms with Gasteiger partial charge < -0.3 is 11.1 Å². The molecule has 0 spiro atoms. The van der Waals surface area contributed by atoms with Crippen LogP contribution in [0.1, 0.15) is 12.0 Å². The molecule has 0 radical (unpaired) electrons. The number of nitrogens with one attached hydrogen (secondary N) is 1. The molecular formula is C16H16ClFN2O. The van der Waals surface area contributed by atoms with Crippen molar-refractivity contribution >= 4 is 23.2 Å². The smallest absolute Gasteiger partial charge is 0.241 e. The molecule has 0 aliphatic carbocycles. The zero-order valence-electron chi connectivity index (χ0n) is 11.4. The fourth-order valence-corrected chi connectivity index (χ4v) is 2.02. The molecule has 5 heteroatoms. The minimum Gasteiger partial charge on any atom is -0.325 e. The first kappa shape index (κ1) is 15.5. The van der Waals surface area contributed by atoms with Gasteiger partial charge in [-0.2, -0.15) is 0 Å². The summed E-state index contributed by atoms with van der Waals surface area (Å²) in [7, 11) is 0. The van der Waals surface area contributed by atoms with Crippen LogP contribution in [0.2, 0.25) is 5.02 Å². The highest BCUT2D eigenvalue weighted by atomic mass is 35.5. The molecule has 0 bridgehead atoms. The van der Waals surface area contributed by atoms with E-state index in [0.29, 0.717) is 18.5 Å². The lowest BCUT2D eigenvalue weighted by atomic mass is 10.1. The Balaban J connectivity index is 1.89. The zero-order chi connectivity index (χ0) is 15.2. The zero-order valence-corrected chi connectivity index (χ0v) is 12.1. The molecule has 0 fully saturated rings. The molecule has 2 aromatic carbocycles. The minimum absolute atomic E-state index is 0.0152. The number of carbonyl (C=O) groups excluding carboxylic acids is 1. The monoisotopic (exact) mass is 306 g/mol. The van der Waals surface area contributed by atoms with Gasteiger partial charge in [-0.1, -0.05) is 41.9 Å². The Hall–Kier alpha value is -1.91. The summed E-state index contributed by atoms with van der Waals surface area (Å²) in [6.45, 7) is 0. The maximum atomic E-state index is 13.3. The van der Waals surface area contributed by atoms with Crippen LogP contribution in [-0.4, -0.2) is 11.9 Å². The maximum absolute atomic E-state index is 13.3. The molecule has 3 N–H and O–H groups in total. The van der Waals surface area contributed by atoms with Crippen LogP contribution in [-0.2, 0) is 11.2 Å². The first-order valence-corrected chi connectivity index (χ1v) is 6.99. The molecule has 0 saturated carbocycles. The standard InChI is InChI=1S/C16H16ClFN2O/c17-13-8-7-12(10-14(13)18)20-16(21)15(19)9-6-11-4-2-1-3-5-11/h1-5,7-8,10,15H,6,9,19H2,(H,20,21)/t15-/m0/s1. The number of anilines is 1. The lowest BCUT2D eigenvalue weighted by Gasteiger charge is -2.12. The SMILES string of the molecule is N[C@@H](CCc1ccccc1)C(=O)Nc1ccc(Cl)c(F)c1. The molecular weight excluding hydrogens is 291 g/mol. The fraction of sp³-hybridized carbons (Fsp3) is 0.188. The van der Waals surface area contributed by atoms with Crippen molar-refractivity contribution in [2.75, 3.05) is 5.32 Å². The number of amides is 1. The summed E-state index contributed by atoms with van der Waals surface area (Å²) in [6.07, 6.45) is 1.23. The van der Waals surface area contributed by atoms with E-state index < -0.39 is 11.9 Å². The maximum Gasteiger partial charge on any atom is 0.241 e. The molecule has 0 saturated heterocycles. The van der Waals surface area contributed by atoms with Crippen molar-refractivity contribution < 1.29 is 9.18 Å². The summed E-state index contributed by atoms with van der Waals surface area (Å²) in [5.74, 6) is -0.917. The molecule has 1 amide bonds. The van der Waals surface area contributed by atoms with Gasteiger partial charge in [-0.05, 0) is 36.6 Å². The Morgan fingerprint density at radius 2 is 1.95 bits per heavy atom. The van der Waals surface area contributed by atoms with E-state index in [1.165, 1.54) is 18.2 Å². The highest BCUT2D eigenvalue weighted by Crippen LogP contribution is 2.18. The number of rotatable bonds is 5. The van der Waals surface area contributed by atoms with Crippen LogP contribution in [0.15, 0.2) is 48.5 Å². The van der Waals surface area contributed by atoms with Crippen molar-refractivity contribution in [1.82, 2.24) is 0 Å². The number of nitrogens with two attached hydrogens (primary N) is 1. The van der Waals surface area contributed by atoms with Gasteiger partial charge in [-0.25, -0.2) is 4.39 Å². The number of halogens is 2. The number of carbonyl (C=O) groups is 1. The van der Waals surface area contributed by atoms with E-state index in [1.807, 2.05) is 30.3 Å². The average Bonchev–Trinajstić information content (AvgIpc) is 2.49. The van der Waals surface area contributed by atoms with Gasteiger partial charge in [0, 0.05) is 5.69 Å². The second kappa shape index (κ2) is 7.20. The third kappa shape index (κ3) is 4.55. The van der Waals surface area contributed by atoms with Crippen molar-refractivity contribution in [3.05, 3.63) is 64.9 Å². The van der Waals surface area contributed by atoms with E-state index in [-0.39, 0.29) is 10.9 Å². The minimum atomic E-state index is -0.649. The van der Waals surface area contributed by atoms with Gasteiger partial charge in [0.2, 0.25) is 5.91 Å². The molecule has 0 aliphatic heterocycles. The van der Waals surface area contributed by atoms with Gasteiger partial charge in [0.1, 0.15) is 5.82 Å². The number of benzene rings is 2. The van der Waals surface area contributed by atoms with Crippen LogP contribution in [0.3, 0.4) is 0 Å². The molecule has 2 rings (SSSR count). The van der Waals surface area contributed by atoms with Gasteiger partial charge in [0.15, 0.2) is 0 Å². The number of hydrogen-bond acceptors (Lipinski definition) is 2. The predicted octanol–water partition coefficient (Wildman–Crippen LogP) is 3.38. The molecule has 110 valence electrons. The molecule has 1 atom stereocenters. The van der Waals surface area contributed by atoms with Crippen LogP contribution in [0.25, 0.3) is 0 Å². The third-order valence-corrected chi connectivity index (χ3v) is 3.42. The molecule has 0 aliphatic rings. The quantitative estimate of drug-likeness (QED) is 0.890. The second-order valence-corrected chi connectivity index (χ2v) is 5.16. The highest BCUT2D eigenvalue weighted by molar-refractivity contribution is 6.30. The topological polar surface area (TPSA) is 55.1 Å². The van der Waals surface area contributed by atoms with Gasteiger partial charge in [0.25, 0.3) is 0 Å². The van der Waals surface area contributed by atoms with Crippen LogP contribution in [0.5, 0.6) is 0 Å². The third-order valence-electron chi connectivity index (χ3n) is 3.11. The van der Waals surface area contributed by atoms with E-state index in [2.05, 4.69) is 5.32 Å².